The van der Waals surface area contributed by atoms with E-state index in [0.29, 0.717) is 11.4 Å². The van der Waals surface area contributed by atoms with Gasteiger partial charge in [0.05, 0.1) is 6.54 Å². The highest BCUT2D eigenvalue weighted by Crippen LogP contribution is 2.19. The Balaban J connectivity index is 1.58. The van der Waals surface area contributed by atoms with Gasteiger partial charge in [-0.05, 0) is 41.1 Å². The third-order valence-corrected chi connectivity index (χ3v) is 4.14. The Labute approximate surface area is 158 Å². The first-order valence-corrected chi connectivity index (χ1v) is 8.95. The Hall–Kier alpha value is -3.34. The van der Waals surface area contributed by atoms with E-state index in [4.69, 9.17) is 0 Å². The first-order chi connectivity index (χ1) is 13.0. The first kappa shape index (κ1) is 18.5. The number of rotatable bonds is 6. The molecule has 0 atom stereocenters. The zero-order valence-corrected chi connectivity index (χ0v) is 15.5. The summed E-state index contributed by atoms with van der Waals surface area (Å²) in [5.41, 5.74) is 2.19. The minimum atomic E-state index is -0.157. The first-order valence-electron chi connectivity index (χ1n) is 8.95. The van der Waals surface area contributed by atoms with Crippen molar-refractivity contribution in [3.8, 4) is 0 Å². The molecule has 0 aliphatic heterocycles. The highest BCUT2D eigenvalue weighted by molar-refractivity contribution is 5.96. The van der Waals surface area contributed by atoms with Crippen LogP contribution in [0, 0.1) is 5.92 Å². The van der Waals surface area contributed by atoms with Crippen molar-refractivity contribution >= 4 is 39.6 Å². The van der Waals surface area contributed by atoms with Crippen LogP contribution in [0.1, 0.15) is 13.8 Å². The van der Waals surface area contributed by atoms with Crippen molar-refractivity contribution in [1.29, 1.82) is 0 Å². The van der Waals surface area contributed by atoms with Crippen LogP contribution < -0.4 is 16.0 Å². The molecule has 5 nitrogen and oxygen atoms in total. The van der Waals surface area contributed by atoms with Gasteiger partial charge in [-0.15, -0.1) is 0 Å². The molecule has 138 valence electrons. The standard InChI is InChI=1S/C22H23N3O2/c1-15(2)22(27)25-20-9-5-8-19(13-20)24-21(26)14-23-18-11-10-16-6-3-4-7-17(16)12-18/h3-13,15,23H,14H2,1-2H3,(H,24,26)(H,25,27). The van der Waals surface area contributed by atoms with E-state index < -0.39 is 0 Å². The van der Waals surface area contributed by atoms with E-state index in [1.807, 2.05) is 50.2 Å². The normalized spacial score (nSPS) is 10.6. The van der Waals surface area contributed by atoms with Gasteiger partial charge in [-0.3, -0.25) is 9.59 Å². The molecule has 0 heterocycles. The van der Waals surface area contributed by atoms with Gasteiger partial charge < -0.3 is 16.0 Å². The lowest BCUT2D eigenvalue weighted by Crippen LogP contribution is -2.22. The zero-order valence-electron chi connectivity index (χ0n) is 15.5. The van der Waals surface area contributed by atoms with Crippen molar-refractivity contribution in [2.75, 3.05) is 22.5 Å². The summed E-state index contributed by atoms with van der Waals surface area (Å²) in [5, 5.41) is 11.1. The molecule has 0 radical (unpaired) electrons. The van der Waals surface area contributed by atoms with E-state index in [1.54, 1.807) is 24.3 Å². The molecule has 2 amide bonds. The fourth-order valence-electron chi connectivity index (χ4n) is 2.65. The van der Waals surface area contributed by atoms with Crippen molar-refractivity contribution in [2.45, 2.75) is 13.8 Å². The Morgan fingerprint density at radius 2 is 1.48 bits per heavy atom. The maximum Gasteiger partial charge on any atom is 0.243 e. The SMILES string of the molecule is CC(C)C(=O)Nc1cccc(NC(=O)CNc2ccc3ccccc3c2)c1. The summed E-state index contributed by atoms with van der Waals surface area (Å²) in [5.74, 6) is -0.318. The average molecular weight is 361 g/mol. The molecule has 27 heavy (non-hydrogen) atoms. The molecule has 0 saturated carbocycles. The van der Waals surface area contributed by atoms with Crippen LogP contribution in [0.2, 0.25) is 0 Å². The van der Waals surface area contributed by atoms with Gasteiger partial charge in [0, 0.05) is 23.0 Å². The van der Waals surface area contributed by atoms with Gasteiger partial charge in [-0.25, -0.2) is 0 Å². The lowest BCUT2D eigenvalue weighted by atomic mass is 10.1. The van der Waals surface area contributed by atoms with Gasteiger partial charge in [0.1, 0.15) is 0 Å². The number of benzene rings is 3. The Morgan fingerprint density at radius 3 is 2.22 bits per heavy atom. The van der Waals surface area contributed by atoms with Crippen LogP contribution in [0.25, 0.3) is 10.8 Å². The molecular weight excluding hydrogens is 338 g/mol. The number of nitrogens with one attached hydrogen (secondary N) is 3. The second kappa shape index (κ2) is 8.36. The van der Waals surface area contributed by atoms with Gasteiger partial charge in [0.25, 0.3) is 0 Å². The second-order valence-electron chi connectivity index (χ2n) is 6.69. The number of carbonyl (C=O) groups is 2. The third kappa shape index (κ3) is 5.07. The Bertz CT molecular complexity index is 966. The molecule has 5 heteroatoms. The van der Waals surface area contributed by atoms with E-state index in [0.717, 1.165) is 16.5 Å². The van der Waals surface area contributed by atoms with Gasteiger partial charge in [-0.2, -0.15) is 0 Å². The van der Waals surface area contributed by atoms with Gasteiger partial charge in [0.15, 0.2) is 0 Å². The highest BCUT2D eigenvalue weighted by atomic mass is 16.2. The monoisotopic (exact) mass is 361 g/mol. The Morgan fingerprint density at radius 1 is 0.778 bits per heavy atom. The average Bonchev–Trinajstić information content (AvgIpc) is 2.66. The summed E-state index contributed by atoms with van der Waals surface area (Å²) in [6, 6.07) is 21.2. The largest absolute Gasteiger partial charge is 0.376 e. The molecule has 3 rings (SSSR count). The number of anilines is 3. The molecule has 0 aliphatic carbocycles. The van der Waals surface area contributed by atoms with Crippen molar-refractivity contribution in [1.82, 2.24) is 0 Å². The topological polar surface area (TPSA) is 70.2 Å². The minimum Gasteiger partial charge on any atom is -0.376 e. The second-order valence-corrected chi connectivity index (χ2v) is 6.69. The van der Waals surface area contributed by atoms with Crippen LogP contribution in [0.5, 0.6) is 0 Å². The molecule has 0 fully saturated rings. The van der Waals surface area contributed by atoms with Crippen molar-refractivity contribution in [3.05, 3.63) is 66.7 Å². The molecule has 0 bridgehead atoms. The summed E-state index contributed by atoms with van der Waals surface area (Å²) in [6.07, 6.45) is 0. The summed E-state index contributed by atoms with van der Waals surface area (Å²) in [4.78, 5) is 24.0. The van der Waals surface area contributed by atoms with Crippen LogP contribution in [0.15, 0.2) is 66.7 Å². The lowest BCUT2D eigenvalue weighted by molar-refractivity contribution is -0.119. The van der Waals surface area contributed by atoms with E-state index in [9.17, 15) is 9.59 Å². The molecular formula is C22H23N3O2. The molecule has 0 aromatic heterocycles. The van der Waals surface area contributed by atoms with Crippen molar-refractivity contribution in [3.63, 3.8) is 0 Å². The summed E-state index contributed by atoms with van der Waals surface area (Å²) in [7, 11) is 0. The molecule has 3 aromatic rings. The number of hydrogen-bond donors (Lipinski definition) is 3. The van der Waals surface area contributed by atoms with Crippen LogP contribution >= 0.6 is 0 Å². The zero-order chi connectivity index (χ0) is 19.2. The van der Waals surface area contributed by atoms with Crippen LogP contribution in [-0.2, 0) is 9.59 Å². The number of fused-ring (bicyclic) bond motifs is 1. The van der Waals surface area contributed by atoms with Crippen molar-refractivity contribution < 1.29 is 9.59 Å². The van der Waals surface area contributed by atoms with Crippen LogP contribution in [0.3, 0.4) is 0 Å². The predicted molar refractivity (Wildman–Crippen MR) is 111 cm³/mol. The summed E-state index contributed by atoms with van der Waals surface area (Å²) >= 11 is 0. The summed E-state index contributed by atoms with van der Waals surface area (Å²) < 4.78 is 0. The number of amides is 2. The fourth-order valence-corrected chi connectivity index (χ4v) is 2.65. The van der Waals surface area contributed by atoms with Crippen LogP contribution in [-0.4, -0.2) is 18.4 Å². The maximum absolute atomic E-state index is 12.2. The van der Waals surface area contributed by atoms with Gasteiger partial charge in [-0.1, -0.05) is 50.2 Å². The predicted octanol–water partition coefficient (Wildman–Crippen LogP) is 4.48. The lowest BCUT2D eigenvalue weighted by Gasteiger charge is -2.11. The Kier molecular flexibility index (Phi) is 5.71. The van der Waals surface area contributed by atoms with Crippen molar-refractivity contribution in [2.24, 2.45) is 5.92 Å². The van der Waals surface area contributed by atoms with Gasteiger partial charge in [0.2, 0.25) is 11.8 Å². The fraction of sp³-hybridized carbons (Fsp3) is 0.182. The number of hydrogen-bond acceptors (Lipinski definition) is 3. The van der Waals surface area contributed by atoms with E-state index in [1.165, 1.54) is 0 Å². The molecule has 0 unspecified atom stereocenters. The molecule has 0 aliphatic rings. The van der Waals surface area contributed by atoms with Crippen LogP contribution in [0.4, 0.5) is 17.1 Å². The van der Waals surface area contributed by atoms with Gasteiger partial charge >= 0.3 is 0 Å². The molecule has 0 spiro atoms. The third-order valence-electron chi connectivity index (χ3n) is 4.14. The molecule has 3 aromatic carbocycles. The minimum absolute atomic E-state index is 0.0588. The molecule has 0 saturated heterocycles. The van der Waals surface area contributed by atoms with E-state index >= 15 is 0 Å². The quantitative estimate of drug-likeness (QED) is 0.606. The summed E-state index contributed by atoms with van der Waals surface area (Å²) in [6.45, 7) is 3.82. The van der Waals surface area contributed by atoms with E-state index in [2.05, 4.69) is 22.0 Å². The highest BCUT2D eigenvalue weighted by Gasteiger charge is 2.08. The molecule has 3 N–H and O–H groups in total. The number of carbonyl (C=O) groups excluding carboxylic acids is 2. The van der Waals surface area contributed by atoms with E-state index in [-0.39, 0.29) is 24.3 Å². The smallest absolute Gasteiger partial charge is 0.243 e. The maximum atomic E-state index is 12.2.